The highest BCUT2D eigenvalue weighted by atomic mass is 16.4. The smallest absolute Gasteiger partial charge is 0.335 e. The molecule has 0 spiro atoms. The van der Waals surface area contributed by atoms with Crippen molar-refractivity contribution in [3.63, 3.8) is 0 Å². The maximum Gasteiger partial charge on any atom is 0.335 e. The molecule has 1 aromatic carbocycles. The van der Waals surface area contributed by atoms with E-state index in [1.54, 1.807) is 30.1 Å². The van der Waals surface area contributed by atoms with Gasteiger partial charge < -0.3 is 10.8 Å². The first-order valence-corrected chi connectivity index (χ1v) is 5.85. The van der Waals surface area contributed by atoms with Crippen molar-refractivity contribution in [1.82, 2.24) is 19.7 Å². The van der Waals surface area contributed by atoms with Gasteiger partial charge in [0.2, 0.25) is 0 Å². The van der Waals surface area contributed by atoms with E-state index < -0.39 is 5.97 Å². The quantitative estimate of drug-likeness (QED) is 0.726. The maximum atomic E-state index is 10.8. The lowest BCUT2D eigenvalue weighted by molar-refractivity contribution is 0.0697. The Morgan fingerprint density at radius 3 is 2.60 bits per heavy atom. The number of hydrogen-bond donors (Lipinski definition) is 2. The highest BCUT2D eigenvalue weighted by Gasteiger charge is 2.11. The minimum absolute atomic E-state index is 0.211. The van der Waals surface area contributed by atoms with Crippen molar-refractivity contribution in [2.45, 2.75) is 0 Å². The number of aryl methyl sites for hydroxylation is 1. The molecule has 0 saturated heterocycles. The third-order valence-electron chi connectivity index (χ3n) is 3.01. The first-order valence-electron chi connectivity index (χ1n) is 5.85. The number of aromatic carboxylic acids is 1. The molecule has 0 aliphatic heterocycles. The fraction of sp³-hybridized carbons (Fsp3) is 0.0769. The van der Waals surface area contributed by atoms with Gasteiger partial charge in [-0.15, -0.1) is 0 Å². The van der Waals surface area contributed by atoms with Gasteiger partial charge >= 0.3 is 5.97 Å². The third kappa shape index (κ3) is 1.85. The van der Waals surface area contributed by atoms with Crippen molar-refractivity contribution in [1.29, 1.82) is 0 Å². The van der Waals surface area contributed by atoms with Gasteiger partial charge in [-0.25, -0.2) is 14.8 Å². The number of carboxylic acids is 1. The molecule has 7 heteroatoms. The van der Waals surface area contributed by atoms with Gasteiger partial charge in [-0.1, -0.05) is 12.1 Å². The number of nitrogens with zero attached hydrogens (tertiary/aromatic N) is 4. The average molecular weight is 269 g/mol. The van der Waals surface area contributed by atoms with Crippen molar-refractivity contribution < 1.29 is 9.90 Å². The molecule has 2 heterocycles. The third-order valence-corrected chi connectivity index (χ3v) is 3.01. The van der Waals surface area contributed by atoms with Crippen molar-refractivity contribution >= 4 is 22.8 Å². The summed E-state index contributed by atoms with van der Waals surface area (Å²) in [6.07, 6.45) is 1.61. The Bertz CT molecular complexity index is 807. The molecule has 0 atom stereocenters. The summed E-state index contributed by atoms with van der Waals surface area (Å²) in [5.41, 5.74) is 7.43. The van der Waals surface area contributed by atoms with Crippen LogP contribution in [0.4, 0.5) is 5.82 Å². The van der Waals surface area contributed by atoms with Crippen LogP contribution in [0.1, 0.15) is 10.4 Å². The highest BCUT2D eigenvalue weighted by Crippen LogP contribution is 2.22. The molecule has 7 nitrogen and oxygen atoms in total. The van der Waals surface area contributed by atoms with Crippen LogP contribution < -0.4 is 5.73 Å². The van der Waals surface area contributed by atoms with Gasteiger partial charge in [-0.3, -0.25) is 4.68 Å². The molecule has 0 radical (unpaired) electrons. The van der Waals surface area contributed by atoms with E-state index in [1.165, 1.54) is 12.1 Å². The van der Waals surface area contributed by atoms with E-state index in [2.05, 4.69) is 15.1 Å². The first kappa shape index (κ1) is 12.1. The van der Waals surface area contributed by atoms with Crippen molar-refractivity contribution in [2.24, 2.45) is 7.05 Å². The number of rotatable bonds is 2. The summed E-state index contributed by atoms with van der Waals surface area (Å²) in [6, 6.07) is 6.32. The molecule has 0 fully saturated rings. The van der Waals surface area contributed by atoms with Gasteiger partial charge in [0.05, 0.1) is 17.1 Å². The van der Waals surface area contributed by atoms with Crippen LogP contribution in [-0.4, -0.2) is 30.8 Å². The molecule has 2 aromatic heterocycles. The summed E-state index contributed by atoms with van der Waals surface area (Å²) in [5, 5.41) is 13.7. The minimum atomic E-state index is -0.973. The lowest BCUT2D eigenvalue weighted by Crippen LogP contribution is -2.00. The van der Waals surface area contributed by atoms with E-state index in [-0.39, 0.29) is 5.56 Å². The van der Waals surface area contributed by atoms with Gasteiger partial charge in [0, 0.05) is 12.6 Å². The Balaban J connectivity index is 2.14. The first-order chi connectivity index (χ1) is 9.56. The second-order valence-corrected chi connectivity index (χ2v) is 4.32. The Labute approximate surface area is 113 Å². The van der Waals surface area contributed by atoms with Crippen LogP contribution in [0.5, 0.6) is 0 Å². The average Bonchev–Trinajstić information content (AvgIpc) is 2.81. The van der Waals surface area contributed by atoms with Gasteiger partial charge in [0.15, 0.2) is 11.5 Å². The summed E-state index contributed by atoms with van der Waals surface area (Å²) in [6.45, 7) is 0. The summed E-state index contributed by atoms with van der Waals surface area (Å²) in [5.74, 6) is -0.185. The normalized spacial score (nSPS) is 10.8. The Morgan fingerprint density at radius 1 is 1.25 bits per heavy atom. The van der Waals surface area contributed by atoms with E-state index in [9.17, 15) is 4.79 Å². The fourth-order valence-electron chi connectivity index (χ4n) is 1.93. The van der Waals surface area contributed by atoms with E-state index in [0.717, 1.165) is 0 Å². The van der Waals surface area contributed by atoms with Crippen LogP contribution in [0, 0.1) is 0 Å². The highest BCUT2D eigenvalue weighted by molar-refractivity contribution is 5.89. The van der Waals surface area contributed by atoms with Crippen molar-refractivity contribution in [3.8, 4) is 11.4 Å². The van der Waals surface area contributed by atoms with Crippen LogP contribution in [0.3, 0.4) is 0 Å². The zero-order valence-corrected chi connectivity index (χ0v) is 10.6. The van der Waals surface area contributed by atoms with Gasteiger partial charge in [0.1, 0.15) is 5.82 Å². The molecular weight excluding hydrogens is 258 g/mol. The largest absolute Gasteiger partial charge is 0.478 e. The number of carbonyl (C=O) groups is 1. The number of nitrogens with two attached hydrogens (primary N) is 1. The maximum absolute atomic E-state index is 10.8. The molecular formula is C13H11N5O2. The fourth-order valence-corrected chi connectivity index (χ4v) is 1.93. The molecule has 20 heavy (non-hydrogen) atoms. The molecule has 0 aliphatic carbocycles. The number of carboxylic acid groups (broad SMARTS) is 1. The van der Waals surface area contributed by atoms with Crippen LogP contribution in [0.15, 0.2) is 30.5 Å². The Morgan fingerprint density at radius 2 is 1.95 bits per heavy atom. The molecule has 0 unspecified atom stereocenters. The molecule has 0 aliphatic rings. The topological polar surface area (TPSA) is 107 Å². The van der Waals surface area contributed by atoms with Crippen LogP contribution in [0.25, 0.3) is 22.4 Å². The molecule has 0 saturated carbocycles. The predicted molar refractivity (Wildman–Crippen MR) is 73.1 cm³/mol. The SMILES string of the molecule is Cn1ncc2c(N)nc(-c3ccc(C(=O)O)cc3)nc21. The number of nitrogen functional groups attached to an aromatic ring is 1. The second-order valence-electron chi connectivity index (χ2n) is 4.32. The lowest BCUT2D eigenvalue weighted by Gasteiger charge is -2.04. The number of fused-ring (bicyclic) bond motifs is 1. The number of aromatic nitrogens is 4. The molecule has 3 N–H and O–H groups in total. The van der Waals surface area contributed by atoms with Gasteiger partial charge in [-0.2, -0.15) is 5.10 Å². The second kappa shape index (κ2) is 4.30. The van der Waals surface area contributed by atoms with E-state index in [0.29, 0.717) is 28.2 Å². The molecule has 3 aromatic rings. The molecule has 3 rings (SSSR count). The Hall–Kier alpha value is -2.96. The summed E-state index contributed by atoms with van der Waals surface area (Å²) < 4.78 is 1.61. The molecule has 100 valence electrons. The number of anilines is 1. The summed E-state index contributed by atoms with van der Waals surface area (Å²) in [4.78, 5) is 19.5. The minimum Gasteiger partial charge on any atom is -0.478 e. The standard InChI is InChI=1S/C13H11N5O2/c1-18-12-9(6-15-18)10(14)16-11(17-12)7-2-4-8(5-3-7)13(19)20/h2-6H,1H3,(H,19,20)(H2,14,16,17). The monoisotopic (exact) mass is 269 g/mol. The number of benzene rings is 1. The van der Waals surface area contributed by atoms with E-state index >= 15 is 0 Å². The van der Waals surface area contributed by atoms with E-state index in [4.69, 9.17) is 10.8 Å². The summed E-state index contributed by atoms with van der Waals surface area (Å²) in [7, 11) is 1.77. The Kier molecular flexibility index (Phi) is 2.60. The zero-order chi connectivity index (χ0) is 14.3. The predicted octanol–water partition coefficient (Wildman–Crippen LogP) is 1.31. The molecule has 0 bridgehead atoms. The zero-order valence-electron chi connectivity index (χ0n) is 10.6. The number of hydrogen-bond acceptors (Lipinski definition) is 5. The summed E-state index contributed by atoms with van der Waals surface area (Å²) >= 11 is 0. The van der Waals surface area contributed by atoms with Crippen LogP contribution in [0.2, 0.25) is 0 Å². The van der Waals surface area contributed by atoms with Crippen molar-refractivity contribution in [3.05, 3.63) is 36.0 Å². The van der Waals surface area contributed by atoms with Crippen molar-refractivity contribution in [2.75, 3.05) is 5.73 Å². The van der Waals surface area contributed by atoms with Gasteiger partial charge in [0.25, 0.3) is 0 Å². The molecule has 0 amide bonds. The lowest BCUT2D eigenvalue weighted by atomic mass is 10.1. The van der Waals surface area contributed by atoms with E-state index in [1.807, 2.05) is 0 Å². The van der Waals surface area contributed by atoms with Crippen LogP contribution >= 0.6 is 0 Å². The van der Waals surface area contributed by atoms with Gasteiger partial charge in [-0.05, 0) is 12.1 Å². The van der Waals surface area contributed by atoms with Crippen LogP contribution in [-0.2, 0) is 7.05 Å².